The van der Waals surface area contributed by atoms with Crippen molar-refractivity contribution < 1.29 is 0 Å². The summed E-state index contributed by atoms with van der Waals surface area (Å²) < 4.78 is 0. The van der Waals surface area contributed by atoms with Crippen LogP contribution in [0, 0.1) is 0 Å². The molecule has 0 heterocycles. The Bertz CT molecular complexity index is 165. The molecule has 0 saturated heterocycles. The van der Waals surface area contributed by atoms with Gasteiger partial charge in [0, 0.05) is 5.54 Å². The fourth-order valence-electron chi connectivity index (χ4n) is 1.74. The first kappa shape index (κ1) is 15.7. The summed E-state index contributed by atoms with van der Waals surface area (Å²) in [6, 6.07) is 0. The SMILES string of the molecule is CCCCC=CCCCCCCC(C)(C)[NH]. The molecule has 1 heteroatoms. The number of allylic oxidation sites excluding steroid dienone is 2. The zero-order valence-electron chi connectivity index (χ0n) is 11.5. The molecule has 0 aliphatic heterocycles. The molecule has 0 unspecified atom stereocenters. The van der Waals surface area contributed by atoms with E-state index in [1.54, 1.807) is 0 Å². The molecule has 0 aromatic rings. The van der Waals surface area contributed by atoms with Gasteiger partial charge in [-0.2, -0.15) is 0 Å². The summed E-state index contributed by atoms with van der Waals surface area (Å²) in [5.74, 6) is 0. The lowest BCUT2D eigenvalue weighted by Gasteiger charge is -2.16. The first-order valence-electron chi connectivity index (χ1n) is 6.96. The molecular formula is C15H30N. The highest BCUT2D eigenvalue weighted by molar-refractivity contribution is 4.81. The summed E-state index contributed by atoms with van der Waals surface area (Å²) in [6.07, 6.45) is 16.0. The highest BCUT2D eigenvalue weighted by Crippen LogP contribution is 2.13. The van der Waals surface area contributed by atoms with E-state index in [1.165, 1.54) is 51.4 Å². The first-order valence-corrected chi connectivity index (χ1v) is 6.96. The van der Waals surface area contributed by atoms with Crippen LogP contribution in [0.2, 0.25) is 0 Å². The maximum absolute atomic E-state index is 7.73. The summed E-state index contributed by atoms with van der Waals surface area (Å²) >= 11 is 0. The first-order chi connectivity index (χ1) is 7.56. The summed E-state index contributed by atoms with van der Waals surface area (Å²) in [6.45, 7) is 6.24. The lowest BCUT2D eigenvalue weighted by molar-refractivity contribution is 0.430. The van der Waals surface area contributed by atoms with Gasteiger partial charge in [0.2, 0.25) is 0 Å². The molecule has 0 aliphatic rings. The molecule has 1 radical (unpaired) electrons. The molecule has 0 amide bonds. The molecule has 16 heavy (non-hydrogen) atoms. The van der Waals surface area contributed by atoms with Crippen LogP contribution in [0.1, 0.15) is 78.6 Å². The van der Waals surface area contributed by atoms with E-state index < -0.39 is 0 Å². The standard InChI is InChI=1S/C15H30N/c1-4-5-6-7-8-9-10-11-12-13-14-15(2,3)16/h7-8,16H,4-6,9-14H2,1-3H3. The summed E-state index contributed by atoms with van der Waals surface area (Å²) in [5, 5.41) is 0. The number of hydrogen-bond donors (Lipinski definition) is 0. The molecule has 0 fully saturated rings. The van der Waals surface area contributed by atoms with Crippen molar-refractivity contribution in [1.82, 2.24) is 5.73 Å². The van der Waals surface area contributed by atoms with Crippen LogP contribution in [0.5, 0.6) is 0 Å². The highest BCUT2D eigenvalue weighted by Gasteiger charge is 2.09. The Hall–Kier alpha value is -0.300. The monoisotopic (exact) mass is 224 g/mol. The fraction of sp³-hybridized carbons (Fsp3) is 0.867. The maximum atomic E-state index is 7.73. The summed E-state index contributed by atoms with van der Waals surface area (Å²) in [5.41, 5.74) is 7.51. The number of unbranched alkanes of at least 4 members (excludes halogenated alkanes) is 6. The van der Waals surface area contributed by atoms with E-state index in [0.29, 0.717) is 0 Å². The van der Waals surface area contributed by atoms with Gasteiger partial charge in [0.15, 0.2) is 0 Å². The molecule has 0 bridgehead atoms. The van der Waals surface area contributed by atoms with Gasteiger partial charge in [-0.1, -0.05) is 51.2 Å². The second-order valence-corrected chi connectivity index (χ2v) is 5.45. The van der Waals surface area contributed by atoms with Crippen LogP contribution in [-0.4, -0.2) is 5.54 Å². The van der Waals surface area contributed by atoms with Gasteiger partial charge in [-0.25, -0.2) is 0 Å². The Morgan fingerprint density at radius 2 is 1.44 bits per heavy atom. The van der Waals surface area contributed by atoms with E-state index in [9.17, 15) is 0 Å². The van der Waals surface area contributed by atoms with Crippen molar-refractivity contribution in [3.63, 3.8) is 0 Å². The van der Waals surface area contributed by atoms with Crippen LogP contribution < -0.4 is 5.73 Å². The van der Waals surface area contributed by atoms with E-state index in [4.69, 9.17) is 5.73 Å². The van der Waals surface area contributed by atoms with Gasteiger partial charge in [0.1, 0.15) is 0 Å². The summed E-state index contributed by atoms with van der Waals surface area (Å²) in [4.78, 5) is 0. The van der Waals surface area contributed by atoms with Crippen LogP contribution in [0.25, 0.3) is 0 Å². The average molecular weight is 224 g/mol. The Kier molecular flexibility index (Phi) is 9.71. The molecule has 0 rings (SSSR count). The summed E-state index contributed by atoms with van der Waals surface area (Å²) in [7, 11) is 0. The second-order valence-electron chi connectivity index (χ2n) is 5.45. The van der Waals surface area contributed by atoms with E-state index >= 15 is 0 Å². The maximum Gasteiger partial charge on any atom is 0.0267 e. The van der Waals surface area contributed by atoms with Crippen molar-refractivity contribution in [2.75, 3.05) is 0 Å². The highest BCUT2D eigenvalue weighted by atomic mass is 14.7. The molecular weight excluding hydrogens is 194 g/mol. The Balaban J connectivity index is 3.13. The van der Waals surface area contributed by atoms with Gasteiger partial charge in [-0.15, -0.1) is 0 Å². The lowest BCUT2D eigenvalue weighted by Crippen LogP contribution is -2.20. The zero-order chi connectivity index (χ0) is 12.3. The van der Waals surface area contributed by atoms with Crippen LogP contribution >= 0.6 is 0 Å². The molecule has 0 saturated carbocycles. The van der Waals surface area contributed by atoms with Crippen LogP contribution in [-0.2, 0) is 0 Å². The van der Waals surface area contributed by atoms with Gasteiger partial charge in [-0.05, 0) is 39.5 Å². The van der Waals surface area contributed by atoms with Crippen molar-refractivity contribution >= 4 is 0 Å². The third-order valence-corrected chi connectivity index (χ3v) is 2.81. The van der Waals surface area contributed by atoms with E-state index in [-0.39, 0.29) is 5.54 Å². The van der Waals surface area contributed by atoms with Crippen molar-refractivity contribution in [3.05, 3.63) is 12.2 Å². The third kappa shape index (κ3) is 13.7. The topological polar surface area (TPSA) is 23.8 Å². The minimum atomic E-state index is -0.222. The van der Waals surface area contributed by atoms with E-state index in [2.05, 4.69) is 19.1 Å². The van der Waals surface area contributed by atoms with Gasteiger partial charge < -0.3 is 0 Å². The van der Waals surface area contributed by atoms with Crippen molar-refractivity contribution in [2.45, 2.75) is 84.1 Å². The van der Waals surface area contributed by atoms with Crippen LogP contribution in [0.4, 0.5) is 0 Å². The Morgan fingerprint density at radius 1 is 0.875 bits per heavy atom. The number of hydrogen-bond acceptors (Lipinski definition) is 0. The van der Waals surface area contributed by atoms with Crippen LogP contribution in [0.3, 0.4) is 0 Å². The van der Waals surface area contributed by atoms with Gasteiger partial charge in [0.25, 0.3) is 0 Å². The molecule has 0 aromatic heterocycles. The van der Waals surface area contributed by atoms with Crippen molar-refractivity contribution in [2.24, 2.45) is 0 Å². The lowest BCUT2D eigenvalue weighted by atomic mass is 9.97. The van der Waals surface area contributed by atoms with Crippen molar-refractivity contribution in [1.29, 1.82) is 0 Å². The number of rotatable bonds is 10. The van der Waals surface area contributed by atoms with Crippen LogP contribution in [0.15, 0.2) is 12.2 Å². The molecule has 1 N–H and O–H groups in total. The predicted octanol–water partition coefficient (Wildman–Crippen LogP) is 5.13. The molecule has 95 valence electrons. The number of nitrogens with one attached hydrogen (secondary N) is 1. The molecule has 0 aromatic carbocycles. The molecule has 0 aliphatic carbocycles. The normalized spacial score (nSPS) is 12.5. The van der Waals surface area contributed by atoms with Crippen molar-refractivity contribution in [3.8, 4) is 0 Å². The fourth-order valence-corrected chi connectivity index (χ4v) is 1.74. The predicted molar refractivity (Wildman–Crippen MR) is 73.5 cm³/mol. The molecule has 0 atom stereocenters. The molecule has 0 spiro atoms. The van der Waals surface area contributed by atoms with E-state index in [0.717, 1.165) is 6.42 Å². The zero-order valence-corrected chi connectivity index (χ0v) is 11.5. The third-order valence-electron chi connectivity index (χ3n) is 2.81. The average Bonchev–Trinajstić information content (AvgIpc) is 2.19. The van der Waals surface area contributed by atoms with Gasteiger partial charge >= 0.3 is 0 Å². The minimum Gasteiger partial charge on any atom is -0.252 e. The second kappa shape index (κ2) is 9.89. The quantitative estimate of drug-likeness (QED) is 0.362. The minimum absolute atomic E-state index is 0.222. The Labute approximate surface area is 102 Å². The largest absolute Gasteiger partial charge is 0.252 e. The smallest absolute Gasteiger partial charge is 0.0267 e. The molecule has 1 nitrogen and oxygen atoms in total. The Morgan fingerprint density at radius 3 is 2.00 bits per heavy atom. The van der Waals surface area contributed by atoms with E-state index in [1.807, 2.05) is 13.8 Å². The van der Waals surface area contributed by atoms with Gasteiger partial charge in [0.05, 0.1) is 0 Å². The van der Waals surface area contributed by atoms with Gasteiger partial charge in [-0.3, -0.25) is 5.73 Å².